The van der Waals surface area contributed by atoms with Crippen LogP contribution in [0.1, 0.15) is 13.8 Å². The predicted octanol–water partition coefficient (Wildman–Crippen LogP) is -0.281. The van der Waals surface area contributed by atoms with E-state index in [0.29, 0.717) is 0 Å². The second kappa shape index (κ2) is 10.4. The Morgan fingerprint density at radius 3 is 1.69 bits per heavy atom. The van der Waals surface area contributed by atoms with Gasteiger partial charge in [-0.1, -0.05) is 0 Å². The molecule has 1 aliphatic rings. The van der Waals surface area contributed by atoms with Crippen LogP contribution in [0.4, 0.5) is 0 Å². The lowest BCUT2D eigenvalue weighted by Gasteiger charge is -2.10. The van der Waals surface area contributed by atoms with Gasteiger partial charge >= 0.3 is 11.9 Å². The van der Waals surface area contributed by atoms with Crippen LogP contribution in [0.3, 0.4) is 0 Å². The van der Waals surface area contributed by atoms with Crippen LogP contribution in [-0.2, 0) is 23.8 Å². The lowest BCUT2D eigenvalue weighted by atomic mass is 10.5. The smallest absolute Gasteiger partial charge is 0.417 e. The molecule has 1 fully saturated rings. The summed E-state index contributed by atoms with van der Waals surface area (Å²) in [6.07, 6.45) is 0. The number of morpholine rings is 1. The van der Waals surface area contributed by atoms with E-state index < -0.39 is 11.9 Å². The second-order valence-electron chi connectivity index (χ2n) is 2.80. The number of rotatable bonds is 2. The molecule has 0 bridgehead atoms. The Morgan fingerprint density at radius 1 is 1.06 bits per heavy atom. The highest BCUT2D eigenvalue weighted by Gasteiger charge is 2.14. The topological polar surface area (TPSA) is 73.9 Å². The summed E-state index contributed by atoms with van der Waals surface area (Å²) in [6, 6.07) is 0. The minimum Gasteiger partial charge on any atom is -0.458 e. The molecule has 0 unspecified atom stereocenters. The van der Waals surface area contributed by atoms with Gasteiger partial charge in [0.15, 0.2) is 0 Å². The van der Waals surface area contributed by atoms with Gasteiger partial charge in [-0.3, -0.25) is 0 Å². The molecule has 0 saturated carbocycles. The Bertz CT molecular complexity index is 176. The molecule has 1 N–H and O–H groups in total. The van der Waals surface area contributed by atoms with E-state index in [-0.39, 0.29) is 13.2 Å². The predicted molar refractivity (Wildman–Crippen MR) is 57.0 cm³/mol. The van der Waals surface area contributed by atoms with E-state index in [0.717, 1.165) is 26.3 Å². The Balaban J connectivity index is 0.000000315. The van der Waals surface area contributed by atoms with Gasteiger partial charge < -0.3 is 19.5 Å². The zero-order chi connectivity index (χ0) is 12.2. The summed E-state index contributed by atoms with van der Waals surface area (Å²) in [7, 11) is 0. The lowest BCUT2D eigenvalue weighted by molar-refractivity contribution is -0.167. The third-order valence-corrected chi connectivity index (χ3v) is 1.56. The van der Waals surface area contributed by atoms with Crippen molar-refractivity contribution >= 4 is 11.9 Å². The first-order chi connectivity index (χ1) is 7.72. The highest BCUT2D eigenvalue weighted by atomic mass is 16.6. The van der Waals surface area contributed by atoms with E-state index in [4.69, 9.17) is 4.74 Å². The number of ether oxygens (including phenoxy) is 3. The largest absolute Gasteiger partial charge is 0.458 e. The molecule has 6 heteroatoms. The fraction of sp³-hybridized carbons (Fsp3) is 0.800. The molecular weight excluding hydrogens is 214 g/mol. The van der Waals surface area contributed by atoms with Crippen LogP contribution < -0.4 is 5.32 Å². The van der Waals surface area contributed by atoms with Crippen molar-refractivity contribution < 1.29 is 23.8 Å². The van der Waals surface area contributed by atoms with E-state index in [1.54, 1.807) is 13.8 Å². The first kappa shape index (κ1) is 14.9. The molecular formula is C10H19NO5. The zero-order valence-electron chi connectivity index (χ0n) is 9.78. The first-order valence-corrected chi connectivity index (χ1v) is 5.34. The van der Waals surface area contributed by atoms with Gasteiger partial charge in [-0.2, -0.15) is 0 Å². The summed E-state index contributed by atoms with van der Waals surface area (Å²) in [5, 5.41) is 3.16. The summed E-state index contributed by atoms with van der Waals surface area (Å²) in [5.74, 6) is -1.85. The number of carbonyl (C=O) groups is 2. The van der Waals surface area contributed by atoms with Crippen molar-refractivity contribution in [2.45, 2.75) is 13.8 Å². The molecule has 0 aromatic carbocycles. The van der Waals surface area contributed by atoms with Crippen molar-refractivity contribution in [1.82, 2.24) is 5.32 Å². The van der Waals surface area contributed by atoms with Crippen LogP contribution in [0.25, 0.3) is 0 Å². The Labute approximate surface area is 95.2 Å². The molecule has 0 radical (unpaired) electrons. The van der Waals surface area contributed by atoms with Crippen LogP contribution in [-0.4, -0.2) is 51.5 Å². The van der Waals surface area contributed by atoms with Gasteiger partial charge in [0.2, 0.25) is 0 Å². The standard InChI is InChI=1S/C6H10O4.C4H9NO/c1-3-9-5(7)6(8)10-4-2;1-3-6-4-2-5-1/h3-4H2,1-2H3;5H,1-4H2. The normalized spacial score (nSPS) is 14.4. The number of hydrogen-bond donors (Lipinski definition) is 1. The minimum absolute atomic E-state index is 0.192. The summed E-state index contributed by atoms with van der Waals surface area (Å²) >= 11 is 0. The molecule has 0 aromatic rings. The summed E-state index contributed by atoms with van der Waals surface area (Å²) in [5.41, 5.74) is 0. The fourth-order valence-corrected chi connectivity index (χ4v) is 0.896. The minimum atomic E-state index is -0.927. The molecule has 1 saturated heterocycles. The van der Waals surface area contributed by atoms with Crippen molar-refractivity contribution in [3.05, 3.63) is 0 Å². The maximum atomic E-state index is 10.4. The van der Waals surface area contributed by atoms with Crippen molar-refractivity contribution in [2.24, 2.45) is 0 Å². The Kier molecular flexibility index (Phi) is 9.64. The van der Waals surface area contributed by atoms with Crippen molar-refractivity contribution in [1.29, 1.82) is 0 Å². The third-order valence-electron chi connectivity index (χ3n) is 1.56. The molecule has 1 heterocycles. The molecule has 6 nitrogen and oxygen atoms in total. The van der Waals surface area contributed by atoms with Gasteiger partial charge in [0, 0.05) is 13.1 Å². The molecule has 16 heavy (non-hydrogen) atoms. The van der Waals surface area contributed by atoms with Crippen LogP contribution >= 0.6 is 0 Å². The molecule has 0 aliphatic carbocycles. The van der Waals surface area contributed by atoms with Crippen molar-refractivity contribution in [2.75, 3.05) is 39.5 Å². The Hall–Kier alpha value is -1.14. The van der Waals surface area contributed by atoms with E-state index in [1.165, 1.54) is 0 Å². The maximum absolute atomic E-state index is 10.4. The maximum Gasteiger partial charge on any atom is 0.417 e. The number of carbonyl (C=O) groups excluding carboxylic acids is 2. The van der Waals surface area contributed by atoms with Gasteiger partial charge in [-0.05, 0) is 13.8 Å². The number of nitrogens with one attached hydrogen (secondary N) is 1. The van der Waals surface area contributed by atoms with E-state index >= 15 is 0 Å². The van der Waals surface area contributed by atoms with Gasteiger partial charge in [-0.25, -0.2) is 9.59 Å². The summed E-state index contributed by atoms with van der Waals surface area (Å²) < 4.78 is 13.7. The summed E-state index contributed by atoms with van der Waals surface area (Å²) in [4.78, 5) is 20.9. The molecule has 1 aliphatic heterocycles. The van der Waals surface area contributed by atoms with Crippen LogP contribution in [0.2, 0.25) is 0 Å². The molecule has 0 spiro atoms. The zero-order valence-corrected chi connectivity index (χ0v) is 9.78. The molecule has 0 amide bonds. The number of hydrogen-bond acceptors (Lipinski definition) is 6. The van der Waals surface area contributed by atoms with Gasteiger partial charge in [-0.15, -0.1) is 0 Å². The van der Waals surface area contributed by atoms with Gasteiger partial charge in [0.05, 0.1) is 26.4 Å². The van der Waals surface area contributed by atoms with Crippen molar-refractivity contribution in [3.8, 4) is 0 Å². The first-order valence-electron chi connectivity index (χ1n) is 5.34. The highest BCUT2D eigenvalue weighted by Crippen LogP contribution is 1.83. The number of esters is 2. The SMILES string of the molecule is C1COCCN1.CCOC(=O)C(=O)OCC. The van der Waals surface area contributed by atoms with E-state index in [2.05, 4.69) is 14.8 Å². The van der Waals surface area contributed by atoms with E-state index in [1.807, 2.05) is 0 Å². The second-order valence-corrected chi connectivity index (χ2v) is 2.80. The molecule has 94 valence electrons. The van der Waals surface area contributed by atoms with Crippen LogP contribution in [0.5, 0.6) is 0 Å². The van der Waals surface area contributed by atoms with Gasteiger partial charge in [0.1, 0.15) is 0 Å². The lowest BCUT2D eigenvalue weighted by Crippen LogP contribution is -2.30. The van der Waals surface area contributed by atoms with Gasteiger partial charge in [0.25, 0.3) is 0 Å². The van der Waals surface area contributed by atoms with Crippen LogP contribution in [0, 0.1) is 0 Å². The average molecular weight is 233 g/mol. The van der Waals surface area contributed by atoms with Crippen molar-refractivity contribution in [3.63, 3.8) is 0 Å². The molecule has 0 aromatic heterocycles. The summed E-state index contributed by atoms with van der Waals surface area (Å²) in [6.45, 7) is 7.46. The average Bonchev–Trinajstić information content (AvgIpc) is 2.33. The van der Waals surface area contributed by atoms with Crippen LogP contribution in [0.15, 0.2) is 0 Å². The quantitative estimate of drug-likeness (QED) is 0.522. The monoisotopic (exact) mass is 233 g/mol. The highest BCUT2D eigenvalue weighted by molar-refractivity contribution is 6.29. The van der Waals surface area contributed by atoms with E-state index in [9.17, 15) is 9.59 Å². The third kappa shape index (κ3) is 8.19. The molecule has 1 rings (SSSR count). The Morgan fingerprint density at radius 2 is 1.50 bits per heavy atom. The fourth-order valence-electron chi connectivity index (χ4n) is 0.896. The molecule has 0 atom stereocenters.